The maximum Gasteiger partial charge on any atom is 0.237 e. The second-order valence-corrected chi connectivity index (χ2v) is 10.5. The van der Waals surface area contributed by atoms with Crippen LogP contribution in [-0.4, -0.2) is 56.1 Å². The molecule has 4 aromatic rings. The molecule has 0 spiro atoms. The van der Waals surface area contributed by atoms with Crippen molar-refractivity contribution >= 4 is 28.4 Å². The Morgan fingerprint density at radius 2 is 1.90 bits per heavy atom. The molecule has 1 saturated heterocycles. The average Bonchev–Trinajstić information content (AvgIpc) is 3.33. The Kier molecular flexibility index (Phi) is 7.55. The van der Waals surface area contributed by atoms with E-state index in [1.807, 2.05) is 32.0 Å². The minimum absolute atomic E-state index is 0.00832. The smallest absolute Gasteiger partial charge is 0.237 e. The van der Waals surface area contributed by atoms with Crippen molar-refractivity contribution in [2.75, 3.05) is 19.6 Å². The Hall–Kier alpha value is -3.56. The molecule has 204 valence electrons. The van der Waals surface area contributed by atoms with Crippen molar-refractivity contribution in [2.45, 2.75) is 46.4 Å². The maximum absolute atomic E-state index is 14.5. The predicted octanol–water partition coefficient (Wildman–Crippen LogP) is 5.85. The lowest BCUT2D eigenvalue weighted by atomic mass is 9.99. The van der Waals surface area contributed by atoms with E-state index in [0.717, 1.165) is 18.1 Å². The van der Waals surface area contributed by atoms with Gasteiger partial charge in [-0.2, -0.15) is 5.10 Å². The second kappa shape index (κ2) is 10.9. The molecule has 2 aromatic carbocycles. The van der Waals surface area contributed by atoms with Crippen LogP contribution in [0.2, 0.25) is 5.02 Å². The van der Waals surface area contributed by atoms with Crippen molar-refractivity contribution in [3.8, 4) is 11.4 Å². The Bertz CT molecular complexity index is 1540. The van der Waals surface area contributed by atoms with E-state index in [4.69, 9.17) is 16.3 Å². The third-order valence-corrected chi connectivity index (χ3v) is 7.55. The lowest BCUT2D eigenvalue weighted by Crippen LogP contribution is -2.53. The number of benzene rings is 2. The fourth-order valence-electron chi connectivity index (χ4n) is 5.09. The van der Waals surface area contributed by atoms with Gasteiger partial charge in [0.1, 0.15) is 23.7 Å². The molecule has 1 aliphatic rings. The van der Waals surface area contributed by atoms with Gasteiger partial charge in [-0.05, 0) is 57.5 Å². The number of piperazine rings is 1. The molecule has 0 radical (unpaired) electrons. The summed E-state index contributed by atoms with van der Waals surface area (Å²) in [5.74, 6) is -0.434. The van der Waals surface area contributed by atoms with Crippen LogP contribution in [0.15, 0.2) is 48.8 Å². The number of carbonyl (C=O) groups excluding carboxylic acids is 1. The molecule has 1 fully saturated rings. The number of aryl methyl sites for hydroxylation is 1. The molecule has 0 saturated carbocycles. The number of hydrogen-bond donors (Lipinski definition) is 0. The Balaban J connectivity index is 1.46. The number of ether oxygens (including phenoxy) is 1. The summed E-state index contributed by atoms with van der Waals surface area (Å²) in [4.78, 5) is 21.6. The van der Waals surface area contributed by atoms with Gasteiger partial charge in [0.2, 0.25) is 5.91 Å². The fraction of sp³-hybridized carbons (Fsp3) is 0.345. The van der Waals surface area contributed by atoms with E-state index in [9.17, 15) is 13.6 Å². The van der Waals surface area contributed by atoms with Crippen LogP contribution in [0.3, 0.4) is 0 Å². The van der Waals surface area contributed by atoms with Gasteiger partial charge >= 0.3 is 0 Å². The highest BCUT2D eigenvalue weighted by Gasteiger charge is 2.31. The number of aromatic nitrogens is 3. The summed E-state index contributed by atoms with van der Waals surface area (Å²) in [6.07, 6.45) is 2.45. The van der Waals surface area contributed by atoms with Crippen LogP contribution >= 0.6 is 11.6 Å². The monoisotopic (exact) mass is 553 g/mol. The molecule has 0 unspecified atom stereocenters. The number of amides is 1. The van der Waals surface area contributed by atoms with Crippen molar-refractivity contribution in [3.63, 3.8) is 0 Å². The van der Waals surface area contributed by atoms with Crippen molar-refractivity contribution in [1.82, 2.24) is 24.6 Å². The molecule has 0 N–H and O–H groups in total. The number of pyridine rings is 1. The number of hydrogen-bond acceptors (Lipinski definition) is 5. The predicted molar refractivity (Wildman–Crippen MR) is 146 cm³/mol. The highest BCUT2D eigenvalue weighted by Crippen LogP contribution is 2.34. The molecular weight excluding hydrogens is 524 g/mol. The number of para-hydroxylation sites is 1. The quantitative estimate of drug-likeness (QED) is 0.287. The summed E-state index contributed by atoms with van der Waals surface area (Å²) in [5.41, 5.74) is 3.15. The van der Waals surface area contributed by atoms with Gasteiger partial charge < -0.3 is 9.64 Å². The first-order valence-corrected chi connectivity index (χ1v) is 13.2. The first kappa shape index (κ1) is 27.0. The number of fused-ring (bicyclic) bond motifs is 1. The van der Waals surface area contributed by atoms with Gasteiger partial charge in [-0.25, -0.2) is 18.4 Å². The molecule has 5 rings (SSSR count). The van der Waals surface area contributed by atoms with Crippen LogP contribution in [-0.2, 0) is 11.4 Å². The Morgan fingerprint density at radius 1 is 1.10 bits per heavy atom. The molecular formula is C29H30ClF2N5O2. The van der Waals surface area contributed by atoms with Gasteiger partial charge in [0.15, 0.2) is 5.82 Å². The van der Waals surface area contributed by atoms with E-state index in [2.05, 4.69) is 28.8 Å². The topological polar surface area (TPSA) is 63.5 Å². The van der Waals surface area contributed by atoms with Crippen LogP contribution in [0.25, 0.3) is 16.6 Å². The van der Waals surface area contributed by atoms with Crippen molar-refractivity contribution in [1.29, 1.82) is 0 Å². The molecule has 1 atom stereocenters. The molecule has 0 bridgehead atoms. The van der Waals surface area contributed by atoms with Crippen molar-refractivity contribution < 1.29 is 18.3 Å². The minimum Gasteiger partial charge on any atom is -0.487 e. The van der Waals surface area contributed by atoms with Crippen molar-refractivity contribution in [3.05, 3.63) is 82.3 Å². The number of nitrogens with zero attached hydrogens (tertiary/aromatic N) is 5. The van der Waals surface area contributed by atoms with Gasteiger partial charge in [0.25, 0.3) is 0 Å². The largest absolute Gasteiger partial charge is 0.487 e. The molecule has 0 aliphatic carbocycles. The lowest BCUT2D eigenvalue weighted by molar-refractivity contribution is -0.139. The molecule has 7 nitrogen and oxygen atoms in total. The SMILES string of the molecule is Cc1cc(-n2cc(F)cn2)c2cccc(OCc3c(Cl)cc(F)cc3[C@H](C)N3CCN(C(C)C)CC3=O)c2n1. The van der Waals surface area contributed by atoms with Crippen molar-refractivity contribution in [2.24, 2.45) is 0 Å². The highest BCUT2D eigenvalue weighted by atomic mass is 35.5. The Labute approximate surface area is 230 Å². The van der Waals surface area contributed by atoms with Crippen LogP contribution in [0.4, 0.5) is 8.78 Å². The summed E-state index contributed by atoms with van der Waals surface area (Å²) in [6, 6.07) is 9.85. The molecule has 3 heterocycles. The zero-order valence-corrected chi connectivity index (χ0v) is 23.0. The van der Waals surface area contributed by atoms with Crippen LogP contribution in [0.1, 0.15) is 43.6 Å². The van der Waals surface area contributed by atoms with Crippen LogP contribution < -0.4 is 4.74 Å². The third-order valence-electron chi connectivity index (χ3n) is 7.21. The average molecular weight is 554 g/mol. The molecule has 1 amide bonds. The van der Waals surface area contributed by atoms with Gasteiger partial charge in [-0.1, -0.05) is 23.7 Å². The number of rotatable bonds is 7. The van der Waals surface area contributed by atoms with Crippen LogP contribution in [0, 0.1) is 18.6 Å². The standard InChI is InChI=1S/C29H30ClF2N5O2/c1-17(2)35-8-9-36(28(38)15-35)19(4)23-11-20(31)12-25(30)24(23)16-39-27-7-5-6-22-26(10-18(3)34-29(22)27)37-14-21(32)13-33-37/h5-7,10-14,17,19H,8-9,15-16H2,1-4H3/t19-/m0/s1. The fourth-order valence-corrected chi connectivity index (χ4v) is 5.36. The minimum atomic E-state index is -0.475. The summed E-state index contributed by atoms with van der Waals surface area (Å²) < 4.78 is 35.9. The third kappa shape index (κ3) is 5.46. The number of halogens is 3. The highest BCUT2D eigenvalue weighted by molar-refractivity contribution is 6.31. The Morgan fingerprint density at radius 3 is 2.59 bits per heavy atom. The van der Waals surface area contributed by atoms with E-state index < -0.39 is 17.7 Å². The molecule has 39 heavy (non-hydrogen) atoms. The van der Waals surface area contributed by atoms with Gasteiger partial charge in [0.05, 0.1) is 35.7 Å². The first-order valence-electron chi connectivity index (χ1n) is 12.9. The zero-order chi connectivity index (χ0) is 27.8. The van der Waals surface area contributed by atoms with E-state index >= 15 is 0 Å². The van der Waals surface area contributed by atoms with Gasteiger partial charge in [-0.3, -0.25) is 9.69 Å². The van der Waals surface area contributed by atoms with E-state index in [0.29, 0.717) is 46.9 Å². The summed E-state index contributed by atoms with van der Waals surface area (Å²) in [7, 11) is 0. The first-order chi connectivity index (χ1) is 18.6. The van der Waals surface area contributed by atoms with Gasteiger partial charge in [0, 0.05) is 35.8 Å². The zero-order valence-electron chi connectivity index (χ0n) is 22.3. The van der Waals surface area contributed by atoms with E-state index in [1.54, 1.807) is 11.0 Å². The lowest BCUT2D eigenvalue weighted by Gasteiger charge is -2.40. The normalized spacial score (nSPS) is 15.4. The van der Waals surface area contributed by atoms with Crippen LogP contribution in [0.5, 0.6) is 5.75 Å². The summed E-state index contributed by atoms with van der Waals surface area (Å²) in [5, 5.41) is 5.06. The van der Waals surface area contributed by atoms with Gasteiger partial charge in [-0.15, -0.1) is 0 Å². The maximum atomic E-state index is 14.5. The molecule has 10 heteroatoms. The molecule has 2 aromatic heterocycles. The summed E-state index contributed by atoms with van der Waals surface area (Å²) in [6.45, 7) is 9.49. The second-order valence-electron chi connectivity index (χ2n) is 10.1. The van der Waals surface area contributed by atoms with E-state index in [-0.39, 0.29) is 23.6 Å². The molecule has 1 aliphatic heterocycles. The number of carbonyl (C=O) groups is 1. The summed E-state index contributed by atoms with van der Waals surface area (Å²) >= 11 is 6.54. The van der Waals surface area contributed by atoms with E-state index in [1.165, 1.54) is 23.0 Å².